The van der Waals surface area contributed by atoms with Crippen LogP contribution in [0.3, 0.4) is 0 Å². The van der Waals surface area contributed by atoms with Gasteiger partial charge >= 0.3 is 5.97 Å². The Morgan fingerprint density at radius 1 is 1.23 bits per heavy atom. The number of aromatic nitrogens is 1. The number of rotatable bonds is 2. The number of nitrogen functional groups attached to an aromatic ring is 1. The van der Waals surface area contributed by atoms with Gasteiger partial charge in [0.1, 0.15) is 22.8 Å². The summed E-state index contributed by atoms with van der Waals surface area (Å²) in [4.78, 5) is 15.6. The van der Waals surface area contributed by atoms with Crippen molar-refractivity contribution >= 4 is 11.8 Å². The molecule has 0 saturated heterocycles. The first kappa shape index (κ1) is 15.3. The minimum Gasteiger partial charge on any atom is -0.494 e. The lowest BCUT2D eigenvalue weighted by molar-refractivity contribution is 0.0596. The molecule has 2 rings (SSSR count). The van der Waals surface area contributed by atoms with Crippen LogP contribution in [0.5, 0.6) is 5.75 Å². The molecule has 0 aliphatic heterocycles. The standard InChI is InChI=1S/C16H13FN2O3/c1-21-14-12(8-5-10-3-6-11(17)7-4-10)15(18)19-9-13(14)16(20)22-2/h3-4,6-7,9H,1-2H3,(H2,18,19). The summed E-state index contributed by atoms with van der Waals surface area (Å²) >= 11 is 0. The van der Waals surface area contributed by atoms with Crippen LogP contribution in [-0.4, -0.2) is 25.2 Å². The van der Waals surface area contributed by atoms with E-state index in [0.717, 1.165) is 0 Å². The zero-order valence-corrected chi connectivity index (χ0v) is 12.0. The van der Waals surface area contributed by atoms with Crippen molar-refractivity contribution in [1.29, 1.82) is 0 Å². The van der Waals surface area contributed by atoms with Gasteiger partial charge in [-0.05, 0) is 24.3 Å². The molecule has 0 saturated carbocycles. The topological polar surface area (TPSA) is 74.4 Å². The van der Waals surface area contributed by atoms with E-state index < -0.39 is 5.97 Å². The van der Waals surface area contributed by atoms with Crippen molar-refractivity contribution in [1.82, 2.24) is 4.98 Å². The van der Waals surface area contributed by atoms with E-state index in [1.807, 2.05) is 0 Å². The summed E-state index contributed by atoms with van der Waals surface area (Å²) in [6, 6.07) is 5.66. The second kappa shape index (κ2) is 6.59. The van der Waals surface area contributed by atoms with Gasteiger partial charge in [-0.15, -0.1) is 0 Å². The zero-order chi connectivity index (χ0) is 16.1. The van der Waals surface area contributed by atoms with Crippen LogP contribution in [-0.2, 0) is 4.74 Å². The summed E-state index contributed by atoms with van der Waals surface area (Å²) in [7, 11) is 2.65. The minimum atomic E-state index is -0.603. The molecule has 0 spiro atoms. The molecule has 112 valence electrons. The summed E-state index contributed by atoms with van der Waals surface area (Å²) in [5.74, 6) is 4.97. The number of carbonyl (C=O) groups excluding carboxylic acids is 1. The number of nitrogens with two attached hydrogens (primary N) is 1. The second-order valence-electron chi connectivity index (χ2n) is 4.21. The SMILES string of the molecule is COC(=O)c1cnc(N)c(C#Cc2ccc(F)cc2)c1OC. The number of hydrogen-bond acceptors (Lipinski definition) is 5. The summed E-state index contributed by atoms with van der Waals surface area (Å²) in [5.41, 5.74) is 6.78. The van der Waals surface area contributed by atoms with E-state index in [1.54, 1.807) is 0 Å². The summed E-state index contributed by atoms with van der Waals surface area (Å²) in [6.07, 6.45) is 1.27. The fourth-order valence-electron chi connectivity index (χ4n) is 1.76. The highest BCUT2D eigenvalue weighted by Crippen LogP contribution is 2.27. The zero-order valence-electron chi connectivity index (χ0n) is 12.0. The Balaban J connectivity index is 2.51. The smallest absolute Gasteiger partial charge is 0.343 e. The fourth-order valence-corrected chi connectivity index (χ4v) is 1.76. The summed E-state index contributed by atoms with van der Waals surface area (Å²) in [6.45, 7) is 0. The molecule has 1 aromatic carbocycles. The van der Waals surface area contributed by atoms with Crippen molar-refractivity contribution in [2.24, 2.45) is 0 Å². The number of ether oxygens (including phenoxy) is 2. The number of esters is 1. The maximum Gasteiger partial charge on any atom is 0.343 e. The number of benzene rings is 1. The third kappa shape index (κ3) is 3.15. The molecule has 1 aromatic heterocycles. The largest absolute Gasteiger partial charge is 0.494 e. The number of anilines is 1. The van der Waals surface area contributed by atoms with E-state index >= 15 is 0 Å². The van der Waals surface area contributed by atoms with Crippen LogP contribution >= 0.6 is 0 Å². The predicted octanol–water partition coefficient (Wildman–Crippen LogP) is 2.00. The molecule has 0 aliphatic carbocycles. The Bertz CT molecular complexity index is 761. The van der Waals surface area contributed by atoms with Gasteiger partial charge in [-0.2, -0.15) is 0 Å². The van der Waals surface area contributed by atoms with Gasteiger partial charge in [-0.1, -0.05) is 11.8 Å². The highest BCUT2D eigenvalue weighted by molar-refractivity contribution is 5.93. The lowest BCUT2D eigenvalue weighted by atomic mass is 10.1. The third-order valence-corrected chi connectivity index (χ3v) is 2.85. The first-order valence-electron chi connectivity index (χ1n) is 6.25. The first-order chi connectivity index (χ1) is 10.6. The van der Waals surface area contributed by atoms with Crippen molar-refractivity contribution in [3.63, 3.8) is 0 Å². The van der Waals surface area contributed by atoms with Crippen molar-refractivity contribution in [2.45, 2.75) is 0 Å². The molecule has 0 amide bonds. The minimum absolute atomic E-state index is 0.124. The summed E-state index contributed by atoms with van der Waals surface area (Å²) in [5, 5.41) is 0. The number of halogens is 1. The van der Waals surface area contributed by atoms with Crippen molar-refractivity contribution in [3.8, 4) is 17.6 Å². The van der Waals surface area contributed by atoms with Crippen LogP contribution in [0, 0.1) is 17.7 Å². The van der Waals surface area contributed by atoms with Gasteiger partial charge in [0.25, 0.3) is 0 Å². The Hall–Kier alpha value is -3.07. The normalized spacial score (nSPS) is 9.59. The first-order valence-corrected chi connectivity index (χ1v) is 6.25. The Morgan fingerprint density at radius 2 is 1.91 bits per heavy atom. The van der Waals surface area contributed by atoms with E-state index in [1.165, 1.54) is 44.7 Å². The Labute approximate surface area is 126 Å². The Morgan fingerprint density at radius 3 is 2.50 bits per heavy atom. The van der Waals surface area contributed by atoms with E-state index in [2.05, 4.69) is 21.6 Å². The van der Waals surface area contributed by atoms with Gasteiger partial charge in [0, 0.05) is 11.8 Å². The van der Waals surface area contributed by atoms with Gasteiger partial charge < -0.3 is 15.2 Å². The molecule has 0 aliphatic rings. The maximum absolute atomic E-state index is 12.9. The lowest BCUT2D eigenvalue weighted by Crippen LogP contribution is -2.08. The van der Waals surface area contributed by atoms with Gasteiger partial charge in [-0.25, -0.2) is 14.2 Å². The second-order valence-corrected chi connectivity index (χ2v) is 4.21. The van der Waals surface area contributed by atoms with Crippen LogP contribution in [0.25, 0.3) is 0 Å². The van der Waals surface area contributed by atoms with Crippen molar-refractivity contribution < 1.29 is 18.7 Å². The van der Waals surface area contributed by atoms with Crippen LogP contribution in [0.15, 0.2) is 30.5 Å². The quantitative estimate of drug-likeness (QED) is 0.678. The number of methoxy groups -OCH3 is 2. The van der Waals surface area contributed by atoms with Gasteiger partial charge in [0.15, 0.2) is 5.75 Å². The number of nitrogens with zero attached hydrogens (tertiary/aromatic N) is 1. The average Bonchev–Trinajstić information content (AvgIpc) is 2.54. The molecule has 22 heavy (non-hydrogen) atoms. The summed E-state index contributed by atoms with van der Waals surface area (Å²) < 4.78 is 22.7. The molecular formula is C16H13FN2O3. The number of pyridine rings is 1. The molecular weight excluding hydrogens is 287 g/mol. The number of hydrogen-bond donors (Lipinski definition) is 1. The van der Waals surface area contributed by atoms with Gasteiger partial charge in [0.05, 0.1) is 14.2 Å². The van der Waals surface area contributed by atoms with Gasteiger partial charge in [-0.3, -0.25) is 0 Å². The molecule has 0 atom stereocenters. The van der Waals surface area contributed by atoms with Crippen LogP contribution in [0.2, 0.25) is 0 Å². The van der Waals surface area contributed by atoms with Crippen LogP contribution in [0.1, 0.15) is 21.5 Å². The highest BCUT2D eigenvalue weighted by Gasteiger charge is 2.18. The molecule has 0 bridgehead atoms. The van der Waals surface area contributed by atoms with Crippen molar-refractivity contribution in [3.05, 3.63) is 53.0 Å². The molecule has 6 heteroatoms. The third-order valence-electron chi connectivity index (χ3n) is 2.85. The molecule has 2 N–H and O–H groups in total. The monoisotopic (exact) mass is 300 g/mol. The lowest BCUT2D eigenvalue weighted by Gasteiger charge is -2.09. The highest BCUT2D eigenvalue weighted by atomic mass is 19.1. The molecule has 0 radical (unpaired) electrons. The molecule has 0 fully saturated rings. The van der Waals surface area contributed by atoms with E-state index in [4.69, 9.17) is 10.5 Å². The van der Waals surface area contributed by atoms with E-state index in [9.17, 15) is 9.18 Å². The predicted molar refractivity (Wildman–Crippen MR) is 78.9 cm³/mol. The van der Waals surface area contributed by atoms with Crippen LogP contribution in [0.4, 0.5) is 10.2 Å². The Kier molecular flexibility index (Phi) is 4.59. The fraction of sp³-hybridized carbons (Fsp3) is 0.125. The average molecular weight is 300 g/mol. The van der Waals surface area contributed by atoms with E-state index in [0.29, 0.717) is 5.56 Å². The number of carbonyl (C=O) groups is 1. The van der Waals surface area contributed by atoms with Crippen LogP contribution < -0.4 is 10.5 Å². The van der Waals surface area contributed by atoms with E-state index in [-0.39, 0.29) is 28.5 Å². The molecule has 2 aromatic rings. The van der Waals surface area contributed by atoms with Gasteiger partial charge in [0.2, 0.25) is 0 Å². The van der Waals surface area contributed by atoms with Crippen molar-refractivity contribution in [2.75, 3.05) is 20.0 Å². The molecule has 5 nitrogen and oxygen atoms in total. The molecule has 0 unspecified atom stereocenters. The molecule has 1 heterocycles. The maximum atomic E-state index is 12.9.